The van der Waals surface area contributed by atoms with Gasteiger partial charge in [0.05, 0.1) is 0 Å². The van der Waals surface area contributed by atoms with Gasteiger partial charge in [0.2, 0.25) is 5.91 Å². The Balaban J connectivity index is 1.38. The van der Waals surface area contributed by atoms with Crippen LogP contribution >= 0.6 is 0 Å². The van der Waals surface area contributed by atoms with Crippen LogP contribution in [0.25, 0.3) is 0 Å². The van der Waals surface area contributed by atoms with Gasteiger partial charge in [-0.1, -0.05) is 60.7 Å². The fourth-order valence-corrected chi connectivity index (χ4v) is 3.38. The van der Waals surface area contributed by atoms with Crippen LogP contribution in [0.3, 0.4) is 0 Å². The number of carbonyl (C=O) groups excluding carboxylic acids is 3. The largest absolute Gasteiger partial charge is 0.445 e. The lowest BCUT2D eigenvalue weighted by Crippen LogP contribution is -2.51. The highest BCUT2D eigenvalue weighted by Crippen LogP contribution is 2.08. The number of carbonyl (C=O) groups is 3. The molecule has 1 saturated heterocycles. The molecule has 32 heavy (non-hydrogen) atoms. The molecule has 8 nitrogen and oxygen atoms in total. The molecule has 0 bridgehead atoms. The molecular weight excluding hydrogens is 410 g/mol. The molecule has 0 aliphatic carbocycles. The van der Waals surface area contributed by atoms with Crippen molar-refractivity contribution in [2.24, 2.45) is 0 Å². The van der Waals surface area contributed by atoms with Crippen LogP contribution in [0.4, 0.5) is 9.59 Å². The Kier molecular flexibility index (Phi) is 8.62. The Morgan fingerprint density at radius 3 is 1.88 bits per heavy atom. The fraction of sp³-hybridized carbons (Fsp3) is 0.375. The van der Waals surface area contributed by atoms with E-state index in [0.29, 0.717) is 32.7 Å². The summed E-state index contributed by atoms with van der Waals surface area (Å²) in [5.74, 6) is -0.355. The minimum absolute atomic E-state index is 0.118. The molecule has 0 unspecified atom stereocenters. The van der Waals surface area contributed by atoms with Gasteiger partial charge in [0.15, 0.2) is 0 Å². The first-order chi connectivity index (χ1) is 15.5. The van der Waals surface area contributed by atoms with E-state index in [1.165, 1.54) is 6.92 Å². The van der Waals surface area contributed by atoms with Crippen molar-refractivity contribution in [3.05, 3.63) is 71.8 Å². The summed E-state index contributed by atoms with van der Waals surface area (Å²) in [5, 5.41) is 0. The summed E-state index contributed by atoms with van der Waals surface area (Å²) >= 11 is 0. The summed E-state index contributed by atoms with van der Waals surface area (Å²) < 4.78 is 10.7. The number of hydrogen-bond donors (Lipinski definition) is 0. The number of hydrogen-bond acceptors (Lipinski definition) is 6. The van der Waals surface area contributed by atoms with E-state index in [2.05, 4.69) is 4.90 Å². The van der Waals surface area contributed by atoms with Gasteiger partial charge in [0.25, 0.3) is 0 Å². The smallest absolute Gasteiger partial charge is 0.416 e. The standard InChI is InChI=1S/C24H29N3O5/c1-20(28)27(24(30)32-19-22-10-6-3-7-11-22)17-14-25-12-15-26(16-13-25)23(29)31-18-21-8-4-2-5-9-21/h2-11H,12-19H2,1H3. The van der Waals surface area contributed by atoms with Gasteiger partial charge in [-0.05, 0) is 11.1 Å². The summed E-state index contributed by atoms with van der Waals surface area (Å²) in [6, 6.07) is 18.9. The van der Waals surface area contributed by atoms with Gasteiger partial charge in [-0.3, -0.25) is 9.69 Å². The zero-order valence-corrected chi connectivity index (χ0v) is 18.3. The quantitative estimate of drug-likeness (QED) is 0.660. The summed E-state index contributed by atoms with van der Waals surface area (Å²) in [7, 11) is 0. The predicted molar refractivity (Wildman–Crippen MR) is 119 cm³/mol. The summed E-state index contributed by atoms with van der Waals surface area (Å²) in [5.41, 5.74) is 1.81. The fourth-order valence-electron chi connectivity index (χ4n) is 3.38. The average molecular weight is 440 g/mol. The van der Waals surface area contributed by atoms with Crippen LogP contribution in [0.15, 0.2) is 60.7 Å². The van der Waals surface area contributed by atoms with Gasteiger partial charge < -0.3 is 14.4 Å². The number of imide groups is 1. The van der Waals surface area contributed by atoms with Crippen LogP contribution in [0.5, 0.6) is 0 Å². The molecule has 0 atom stereocenters. The highest BCUT2D eigenvalue weighted by atomic mass is 16.6. The predicted octanol–water partition coefficient (Wildman–Crippen LogP) is 3.13. The molecule has 1 fully saturated rings. The van der Waals surface area contributed by atoms with E-state index in [-0.39, 0.29) is 31.8 Å². The van der Waals surface area contributed by atoms with Gasteiger partial charge in [0, 0.05) is 46.2 Å². The van der Waals surface area contributed by atoms with Crippen molar-refractivity contribution in [1.82, 2.24) is 14.7 Å². The first kappa shape index (κ1) is 23.3. The molecule has 3 amide bonds. The molecule has 1 aliphatic rings. The monoisotopic (exact) mass is 439 g/mol. The second kappa shape index (κ2) is 11.9. The topological polar surface area (TPSA) is 79.4 Å². The molecule has 0 N–H and O–H groups in total. The van der Waals surface area contributed by atoms with E-state index in [9.17, 15) is 14.4 Å². The maximum absolute atomic E-state index is 12.4. The molecule has 0 radical (unpaired) electrons. The van der Waals surface area contributed by atoms with Crippen molar-refractivity contribution in [2.75, 3.05) is 39.3 Å². The number of amides is 3. The normalized spacial score (nSPS) is 14.0. The second-order valence-electron chi connectivity index (χ2n) is 7.58. The number of nitrogens with zero attached hydrogens (tertiary/aromatic N) is 3. The minimum Gasteiger partial charge on any atom is -0.445 e. The Labute approximate surface area is 188 Å². The third-order valence-electron chi connectivity index (χ3n) is 5.28. The van der Waals surface area contributed by atoms with Crippen molar-refractivity contribution in [3.63, 3.8) is 0 Å². The summed E-state index contributed by atoms with van der Waals surface area (Å²) in [4.78, 5) is 41.5. The van der Waals surface area contributed by atoms with Crippen LogP contribution < -0.4 is 0 Å². The van der Waals surface area contributed by atoms with Crippen molar-refractivity contribution in [2.45, 2.75) is 20.1 Å². The molecule has 1 heterocycles. The Bertz CT molecular complexity index is 883. The van der Waals surface area contributed by atoms with Crippen LogP contribution in [0, 0.1) is 0 Å². The summed E-state index contributed by atoms with van der Waals surface area (Å²) in [6.07, 6.45) is -0.979. The number of rotatable bonds is 7. The molecule has 3 rings (SSSR count). The van der Waals surface area contributed by atoms with E-state index in [4.69, 9.17) is 9.47 Å². The molecule has 0 aromatic heterocycles. The molecule has 1 aliphatic heterocycles. The molecule has 8 heteroatoms. The van der Waals surface area contributed by atoms with E-state index < -0.39 is 6.09 Å². The van der Waals surface area contributed by atoms with E-state index in [1.807, 2.05) is 60.7 Å². The molecular formula is C24H29N3O5. The third kappa shape index (κ3) is 7.09. The lowest BCUT2D eigenvalue weighted by molar-refractivity contribution is -0.127. The van der Waals surface area contributed by atoms with E-state index >= 15 is 0 Å². The maximum atomic E-state index is 12.4. The molecule has 2 aromatic rings. The van der Waals surface area contributed by atoms with Crippen molar-refractivity contribution in [3.8, 4) is 0 Å². The van der Waals surface area contributed by atoms with Crippen LogP contribution in [0.2, 0.25) is 0 Å². The number of piperazine rings is 1. The lowest BCUT2D eigenvalue weighted by Gasteiger charge is -2.34. The zero-order chi connectivity index (χ0) is 22.8. The highest BCUT2D eigenvalue weighted by Gasteiger charge is 2.25. The van der Waals surface area contributed by atoms with Crippen LogP contribution in [-0.2, 0) is 27.5 Å². The van der Waals surface area contributed by atoms with Crippen LogP contribution in [0.1, 0.15) is 18.1 Å². The Morgan fingerprint density at radius 2 is 1.34 bits per heavy atom. The summed E-state index contributed by atoms with van der Waals surface area (Å²) in [6.45, 7) is 4.83. The van der Waals surface area contributed by atoms with Crippen molar-refractivity contribution >= 4 is 18.1 Å². The van der Waals surface area contributed by atoms with Gasteiger partial charge in [-0.25, -0.2) is 14.5 Å². The lowest BCUT2D eigenvalue weighted by atomic mass is 10.2. The average Bonchev–Trinajstić information content (AvgIpc) is 2.83. The van der Waals surface area contributed by atoms with E-state index in [0.717, 1.165) is 16.0 Å². The number of benzene rings is 2. The SMILES string of the molecule is CC(=O)N(CCN1CCN(C(=O)OCc2ccccc2)CC1)C(=O)OCc1ccccc1. The van der Waals surface area contributed by atoms with Crippen LogP contribution in [-0.4, -0.2) is 72.1 Å². The first-order valence-corrected chi connectivity index (χ1v) is 10.7. The zero-order valence-electron chi connectivity index (χ0n) is 18.3. The molecule has 0 spiro atoms. The highest BCUT2D eigenvalue weighted by molar-refractivity contribution is 5.90. The van der Waals surface area contributed by atoms with Gasteiger partial charge in [-0.15, -0.1) is 0 Å². The maximum Gasteiger partial charge on any atom is 0.416 e. The van der Waals surface area contributed by atoms with Gasteiger partial charge >= 0.3 is 12.2 Å². The first-order valence-electron chi connectivity index (χ1n) is 10.7. The number of ether oxygens (including phenoxy) is 2. The third-order valence-corrected chi connectivity index (χ3v) is 5.28. The van der Waals surface area contributed by atoms with Crippen molar-refractivity contribution < 1.29 is 23.9 Å². The minimum atomic E-state index is -0.649. The molecule has 0 saturated carbocycles. The van der Waals surface area contributed by atoms with Gasteiger partial charge in [0.1, 0.15) is 13.2 Å². The second-order valence-corrected chi connectivity index (χ2v) is 7.58. The van der Waals surface area contributed by atoms with Crippen molar-refractivity contribution in [1.29, 1.82) is 0 Å². The molecule has 2 aromatic carbocycles. The van der Waals surface area contributed by atoms with Gasteiger partial charge in [-0.2, -0.15) is 0 Å². The Morgan fingerprint density at radius 1 is 0.812 bits per heavy atom. The Hall–Kier alpha value is -3.39. The molecule has 170 valence electrons. The van der Waals surface area contributed by atoms with E-state index in [1.54, 1.807) is 4.90 Å².